The van der Waals surface area contributed by atoms with Gasteiger partial charge in [0.05, 0.1) is 29.2 Å². The largest absolute Gasteiger partial charge is 0.481 e. The number of esters is 1. The molecule has 1 radical (unpaired) electrons. The SMILES string of the molecule is CCN(C)CC(=O)O.CCN(CCN(CCN(C)CC(=O)O)[C@@H](CCC(=O)N[C@H](Cc1ccc(OC(=O)C2=CC(=O)C=CC2=O)c(I)c1)C(=O)C[C@H](Cc1ccccc1)C(=O)N[C@H](CCCCNC(=O)CCCCCCC(=O)NCCCC[C@H](NC(=O)N[C@@H](CCC(=O)O)C(=O)O)C(=O)O)C(=O)O)C(=O)O)CC(=O)O.[Lu]. The minimum Gasteiger partial charge on any atom is -0.481 e. The fraction of sp³-hybridized carbons (Fsp3) is 0.548. The van der Waals surface area contributed by atoms with Gasteiger partial charge in [-0.15, -0.1) is 0 Å². The van der Waals surface area contributed by atoms with Crippen molar-refractivity contribution in [3.05, 3.63) is 87.0 Å². The first-order valence-corrected chi connectivity index (χ1v) is 37.0. The summed E-state index contributed by atoms with van der Waals surface area (Å²) in [5.74, 6) is -16.4. The molecule has 0 aliphatic heterocycles. The van der Waals surface area contributed by atoms with Crippen LogP contribution in [0.25, 0.3) is 0 Å². The van der Waals surface area contributed by atoms with Gasteiger partial charge in [0, 0.05) is 120 Å². The molecule has 1 aliphatic rings. The van der Waals surface area contributed by atoms with Crippen LogP contribution in [0.3, 0.4) is 0 Å². The van der Waals surface area contributed by atoms with Crippen molar-refractivity contribution >= 4 is 123 Å². The number of likely N-dealkylation sites (N-methyl/N-ethyl adjacent to an activating group) is 3. The number of benzene rings is 2. The van der Waals surface area contributed by atoms with Crippen LogP contribution in [0.2, 0.25) is 0 Å². The van der Waals surface area contributed by atoms with Crippen molar-refractivity contribution in [2.24, 2.45) is 5.92 Å². The number of halogens is 1. The maximum absolute atomic E-state index is 14.8. The number of allylic oxidation sites excluding steroid dienone is 3. The van der Waals surface area contributed by atoms with Crippen LogP contribution in [-0.4, -0.2) is 277 Å². The number of Topliss-reactive ketones (excluding diaryl/α,β-unsaturated/α-hetero) is 1. The van der Waals surface area contributed by atoms with Crippen LogP contribution in [-0.2, 0) is 89.6 Å². The number of carboxylic acids is 8. The number of ether oxygens (including phenoxy) is 1. The van der Waals surface area contributed by atoms with E-state index in [9.17, 15) is 112 Å². The van der Waals surface area contributed by atoms with E-state index in [-0.39, 0.29) is 171 Å². The quantitative estimate of drug-likeness (QED) is 0.0113. The summed E-state index contributed by atoms with van der Waals surface area (Å²) in [6, 6.07) is 4.61. The third kappa shape index (κ3) is 44.1. The van der Waals surface area contributed by atoms with Crippen molar-refractivity contribution < 1.29 is 164 Å². The second kappa shape index (κ2) is 55.5. The number of nitrogens with one attached hydrogen (secondary N) is 6. The summed E-state index contributed by atoms with van der Waals surface area (Å²) < 4.78 is 5.75. The smallest absolute Gasteiger partial charge is 0.347 e. The van der Waals surface area contributed by atoms with E-state index in [1.807, 2.05) is 29.5 Å². The molecule has 0 aromatic heterocycles. The van der Waals surface area contributed by atoms with Crippen LogP contribution >= 0.6 is 22.6 Å². The number of rotatable bonds is 56. The summed E-state index contributed by atoms with van der Waals surface area (Å²) in [7, 11) is 3.29. The number of nitrogens with zero attached hydrogens (tertiary/aromatic N) is 4. The zero-order chi connectivity index (χ0) is 82.4. The van der Waals surface area contributed by atoms with Gasteiger partial charge in [-0.2, -0.15) is 0 Å². The Hall–Kier alpha value is -8.89. The van der Waals surface area contributed by atoms with Crippen LogP contribution < -0.4 is 36.6 Å². The molecule has 36 nitrogen and oxygen atoms in total. The van der Waals surface area contributed by atoms with Gasteiger partial charge in [0.15, 0.2) is 17.3 Å². The van der Waals surface area contributed by atoms with E-state index in [1.54, 1.807) is 54.1 Å². The van der Waals surface area contributed by atoms with Crippen molar-refractivity contribution in [1.82, 2.24) is 51.5 Å². The molecule has 0 saturated carbocycles. The molecule has 0 unspecified atom stereocenters. The van der Waals surface area contributed by atoms with Crippen molar-refractivity contribution in [2.75, 3.05) is 86.1 Å². The van der Waals surface area contributed by atoms with E-state index in [2.05, 4.69) is 31.9 Å². The molecule has 0 fully saturated rings. The minimum atomic E-state index is -1.55. The van der Waals surface area contributed by atoms with Gasteiger partial charge in [-0.25, -0.2) is 24.0 Å². The fourth-order valence-electron chi connectivity index (χ4n) is 11.0. The van der Waals surface area contributed by atoms with Gasteiger partial charge in [0.25, 0.3) is 0 Å². The number of hydrogen-bond acceptors (Lipinski definition) is 22. The summed E-state index contributed by atoms with van der Waals surface area (Å²) in [4.78, 5) is 217. The number of amides is 6. The van der Waals surface area contributed by atoms with Crippen LogP contribution in [0.5, 0.6) is 5.75 Å². The second-order valence-corrected chi connectivity index (χ2v) is 27.2. The van der Waals surface area contributed by atoms with Gasteiger partial charge >= 0.3 is 59.8 Å². The molecular weight excluding hydrogens is 1730 g/mol. The van der Waals surface area contributed by atoms with E-state index in [1.165, 1.54) is 35.0 Å². The predicted molar refractivity (Wildman–Crippen MR) is 401 cm³/mol. The van der Waals surface area contributed by atoms with E-state index in [0.717, 1.165) is 24.8 Å². The molecule has 2 aromatic rings. The van der Waals surface area contributed by atoms with Crippen LogP contribution in [0.15, 0.2) is 72.3 Å². The molecule has 0 spiro atoms. The maximum Gasteiger partial charge on any atom is 0.347 e. The topological polar surface area (TPSA) is 546 Å². The predicted octanol–water partition coefficient (Wildman–Crippen LogP) is 2.21. The number of carboxylic acid groups (broad SMARTS) is 8. The molecule has 2 aromatic carbocycles. The summed E-state index contributed by atoms with van der Waals surface area (Å²) in [6.07, 6.45) is 3.88. The number of ketones is 3. The number of urea groups is 1. The molecule has 3 rings (SSSR count). The molecule has 1 aliphatic carbocycles. The van der Waals surface area contributed by atoms with Gasteiger partial charge < -0.3 is 77.5 Å². The second-order valence-electron chi connectivity index (χ2n) is 26.1. The normalized spacial score (nSPS) is 13.3. The Labute approximate surface area is 684 Å². The first-order chi connectivity index (χ1) is 52.0. The van der Waals surface area contributed by atoms with Gasteiger partial charge in [-0.1, -0.05) is 63.1 Å². The zero-order valence-corrected chi connectivity index (χ0v) is 66.2. The standard InChI is InChI=1S/C68H92IN9O24.C5H11NO2.Lu/c1-3-77(41-61(89)90)32-34-78(33-31-76(2)40-60(87)88)52(66(98)99)24-27-58(84)72-51(37-43-21-26-55(47(69)36-43)102-67(100)46-39-45(79)22-25-53(46)80)54(81)38-44(35-42-15-7-6-8-16-42)62(91)73-48(63(92)93)17-11-13-29-70-56(82)19-9-4-5-10-20-57(83)71-30-14-12-18-49(64(94)95)74-68(101)75-50(65(96)97)23-28-59(85)86;1-3-6(2)4-5(7)8;/h6-8,15-16,21-22,25-26,36,39,44,48-52H,3-5,9-14,17-20,23-24,27-35,37-38,40-41H2,1-2H3,(H,70,82)(H,71,83)(H,72,84)(H,73,91)(H,85,86)(H,87,88)(H,89,90)(H,92,93)(H,94,95)(H,96,97)(H,98,99)(H2,74,75,101);3-4H2,1-2H3,(H,7,8);/t44-,48+,49-,50-,51+,52-;;/m0../s1. The van der Waals surface area contributed by atoms with Crippen molar-refractivity contribution in [1.29, 1.82) is 0 Å². The Morgan fingerprint density at radius 1 is 0.495 bits per heavy atom. The molecule has 0 heterocycles. The van der Waals surface area contributed by atoms with Crippen molar-refractivity contribution in [3.63, 3.8) is 0 Å². The molecule has 6 atom stereocenters. The maximum atomic E-state index is 14.8. The average molecular weight is 1840 g/mol. The van der Waals surface area contributed by atoms with Gasteiger partial charge in [-0.3, -0.25) is 77.1 Å². The molecular formula is C73H103ILuN10O26. The van der Waals surface area contributed by atoms with Crippen LogP contribution in [0.1, 0.15) is 134 Å². The molecule has 0 bridgehead atoms. The summed E-state index contributed by atoms with van der Waals surface area (Å²) in [5.41, 5.74) is 0.472. The number of carbonyl (C=O) groups excluding carboxylic acids is 9. The Morgan fingerprint density at radius 3 is 1.54 bits per heavy atom. The third-order valence-electron chi connectivity index (χ3n) is 17.2. The Bertz CT molecular complexity index is 3550. The van der Waals surface area contributed by atoms with E-state index < -0.39 is 156 Å². The van der Waals surface area contributed by atoms with Gasteiger partial charge in [0.2, 0.25) is 23.6 Å². The van der Waals surface area contributed by atoms with Crippen LogP contribution in [0.4, 0.5) is 4.79 Å². The third-order valence-corrected chi connectivity index (χ3v) is 18.0. The summed E-state index contributed by atoms with van der Waals surface area (Å²) in [6.45, 7) is 4.72. The van der Waals surface area contributed by atoms with E-state index in [0.29, 0.717) is 59.8 Å². The van der Waals surface area contributed by atoms with E-state index >= 15 is 0 Å². The fourth-order valence-corrected chi connectivity index (χ4v) is 11.7. The number of carbonyl (C=O) groups is 17. The minimum absolute atomic E-state index is 0. The Morgan fingerprint density at radius 2 is 1.04 bits per heavy atom. The van der Waals surface area contributed by atoms with Gasteiger partial charge in [-0.05, 0) is 162 Å². The van der Waals surface area contributed by atoms with E-state index in [4.69, 9.17) is 14.9 Å². The average Bonchev–Trinajstić information content (AvgIpc) is 0.829. The van der Waals surface area contributed by atoms with Crippen LogP contribution in [0, 0.1) is 46.4 Å². The zero-order valence-electron chi connectivity index (χ0n) is 62.4. The molecule has 38 heteroatoms. The summed E-state index contributed by atoms with van der Waals surface area (Å²) >= 11 is 1.83. The molecule has 6 amide bonds. The Balaban J connectivity index is 0.00000645. The first kappa shape index (κ1) is 100. The van der Waals surface area contributed by atoms with Crippen molar-refractivity contribution in [2.45, 2.75) is 166 Å². The number of unbranched alkanes of at least 4 members (excludes halogenated alkanes) is 5. The van der Waals surface area contributed by atoms with Crippen molar-refractivity contribution in [3.8, 4) is 5.75 Å². The monoisotopic (exact) mass is 1840 g/mol. The first-order valence-electron chi connectivity index (χ1n) is 35.9. The number of aliphatic carboxylic acids is 8. The summed E-state index contributed by atoms with van der Waals surface area (Å²) in [5, 5.41) is 90.4. The number of hydrogen-bond donors (Lipinski definition) is 14. The Kier molecular flexibility index (Phi) is 50.1. The molecule has 0 saturated heterocycles. The molecule has 111 heavy (non-hydrogen) atoms. The molecule has 14 N–H and O–H groups in total. The van der Waals surface area contributed by atoms with Gasteiger partial charge in [0.1, 0.15) is 35.5 Å². The molecule has 623 valence electrons.